The number of hydrogen-bond donors (Lipinski definition) is 0. The quantitative estimate of drug-likeness (QED) is 0.146. The number of benzene rings is 9. The Labute approximate surface area is 271 Å². The fraction of sp³-hybridized carbons (Fsp3) is 0. The highest BCUT2D eigenvalue weighted by Gasteiger charge is 2.21. The summed E-state index contributed by atoms with van der Waals surface area (Å²) in [6, 6.07) is 61.4. The molecule has 218 valence electrons. The lowest BCUT2D eigenvalue weighted by Gasteiger charge is -2.18. The summed E-state index contributed by atoms with van der Waals surface area (Å²) in [6.07, 6.45) is 0. The third kappa shape index (κ3) is 3.90. The molecule has 0 amide bonds. The molecule has 0 unspecified atom stereocenters. The van der Waals surface area contributed by atoms with Gasteiger partial charge in [0.2, 0.25) is 0 Å². The first-order valence-electron chi connectivity index (χ1n) is 16.2. The lowest BCUT2D eigenvalue weighted by molar-refractivity contribution is 0.670. The van der Waals surface area contributed by atoms with E-state index in [1.165, 1.54) is 65.3 Å². The summed E-state index contributed by atoms with van der Waals surface area (Å²) in [4.78, 5) is 0. The van der Waals surface area contributed by atoms with Gasteiger partial charge in [0.25, 0.3) is 0 Å². The van der Waals surface area contributed by atoms with Gasteiger partial charge in [-0.3, -0.25) is 0 Å². The van der Waals surface area contributed by atoms with Gasteiger partial charge in [-0.2, -0.15) is 0 Å². The van der Waals surface area contributed by atoms with Gasteiger partial charge >= 0.3 is 0 Å². The van der Waals surface area contributed by atoms with Crippen LogP contribution in [0.25, 0.3) is 98.4 Å². The molecule has 0 radical (unpaired) electrons. The summed E-state index contributed by atoms with van der Waals surface area (Å²) < 4.78 is 6.80. The van der Waals surface area contributed by atoms with Crippen molar-refractivity contribution < 1.29 is 4.42 Å². The molecule has 1 nitrogen and oxygen atoms in total. The monoisotopic (exact) mass is 596 g/mol. The van der Waals surface area contributed by atoms with Crippen LogP contribution in [0.2, 0.25) is 0 Å². The summed E-state index contributed by atoms with van der Waals surface area (Å²) in [7, 11) is 0. The van der Waals surface area contributed by atoms with Gasteiger partial charge in [0.1, 0.15) is 11.2 Å². The van der Waals surface area contributed by atoms with E-state index in [1.807, 2.05) is 0 Å². The maximum absolute atomic E-state index is 6.80. The predicted molar refractivity (Wildman–Crippen MR) is 200 cm³/mol. The first-order chi connectivity index (χ1) is 23.3. The second kappa shape index (κ2) is 10.2. The number of hydrogen-bond acceptors (Lipinski definition) is 1. The van der Waals surface area contributed by atoms with Gasteiger partial charge in [0, 0.05) is 16.3 Å². The normalized spacial score (nSPS) is 11.8. The van der Waals surface area contributed by atoms with Gasteiger partial charge in [-0.1, -0.05) is 158 Å². The van der Waals surface area contributed by atoms with Gasteiger partial charge in [0.15, 0.2) is 0 Å². The molecule has 0 saturated carbocycles. The molecule has 0 spiro atoms. The molecule has 0 fully saturated rings. The first-order valence-corrected chi connectivity index (χ1v) is 16.2. The fourth-order valence-electron chi connectivity index (χ4n) is 7.80. The fourth-order valence-corrected chi connectivity index (χ4v) is 7.80. The Morgan fingerprint density at radius 2 is 0.894 bits per heavy atom. The van der Waals surface area contributed by atoms with Crippen molar-refractivity contribution >= 4 is 65.0 Å². The van der Waals surface area contributed by atoms with Gasteiger partial charge in [-0.15, -0.1) is 0 Å². The summed E-state index contributed by atoms with van der Waals surface area (Å²) >= 11 is 0. The van der Waals surface area contributed by atoms with Gasteiger partial charge in [-0.25, -0.2) is 0 Å². The van der Waals surface area contributed by atoms with Crippen molar-refractivity contribution in [2.24, 2.45) is 0 Å². The van der Waals surface area contributed by atoms with Crippen molar-refractivity contribution in [2.45, 2.75) is 0 Å². The second-order valence-electron chi connectivity index (χ2n) is 12.4. The van der Waals surface area contributed by atoms with Gasteiger partial charge in [-0.05, 0) is 83.0 Å². The van der Waals surface area contributed by atoms with Crippen LogP contribution < -0.4 is 0 Å². The zero-order chi connectivity index (χ0) is 30.9. The van der Waals surface area contributed by atoms with E-state index in [9.17, 15) is 0 Å². The molecule has 1 heteroatoms. The average Bonchev–Trinajstić information content (AvgIpc) is 3.53. The standard InChI is InChI=1S/C46H28O/c1-2-13-30(14-3-1)43-36-16-6-8-18-38(36)44(39-19-9-7-17-37(39)43)40-21-11-23-42-45(40)41-22-10-20-35(46(41)47-42)32-26-27-34-31(28-32)25-24-29-12-4-5-15-33(29)34/h1-28H. The molecule has 9 aromatic carbocycles. The largest absolute Gasteiger partial charge is 0.455 e. The Bertz CT molecular complexity index is 2780. The molecule has 0 bridgehead atoms. The maximum Gasteiger partial charge on any atom is 0.143 e. The number of rotatable bonds is 3. The molecule has 0 aliphatic heterocycles. The molecular weight excluding hydrogens is 569 g/mol. The lowest BCUT2D eigenvalue weighted by atomic mass is 9.85. The minimum atomic E-state index is 0.900. The molecule has 10 rings (SSSR count). The summed E-state index contributed by atoms with van der Waals surface area (Å²) in [6.45, 7) is 0. The van der Waals surface area contributed by atoms with Crippen LogP contribution in [0.3, 0.4) is 0 Å². The van der Waals surface area contributed by atoms with E-state index in [2.05, 4.69) is 170 Å². The van der Waals surface area contributed by atoms with Crippen molar-refractivity contribution in [1.82, 2.24) is 0 Å². The molecule has 1 aromatic heterocycles. The molecule has 0 aliphatic rings. The van der Waals surface area contributed by atoms with Crippen LogP contribution in [0.5, 0.6) is 0 Å². The van der Waals surface area contributed by atoms with Crippen molar-refractivity contribution in [2.75, 3.05) is 0 Å². The Hall–Kier alpha value is -6.18. The van der Waals surface area contributed by atoms with E-state index in [1.54, 1.807) is 0 Å². The van der Waals surface area contributed by atoms with Crippen LogP contribution in [0, 0.1) is 0 Å². The highest BCUT2D eigenvalue weighted by Crippen LogP contribution is 2.47. The van der Waals surface area contributed by atoms with E-state index in [0.717, 1.165) is 33.1 Å². The van der Waals surface area contributed by atoms with E-state index >= 15 is 0 Å². The van der Waals surface area contributed by atoms with Crippen molar-refractivity contribution in [3.05, 3.63) is 170 Å². The highest BCUT2D eigenvalue weighted by molar-refractivity contribution is 6.26. The zero-order valence-corrected chi connectivity index (χ0v) is 25.6. The minimum Gasteiger partial charge on any atom is -0.455 e. The predicted octanol–water partition coefficient (Wildman–Crippen LogP) is 13.2. The summed E-state index contributed by atoms with van der Waals surface area (Å²) in [5.41, 5.74) is 9.02. The Balaban J connectivity index is 1.25. The Kier molecular flexibility index (Phi) is 5.64. The molecule has 0 atom stereocenters. The van der Waals surface area contributed by atoms with E-state index in [0.29, 0.717) is 0 Å². The molecule has 0 N–H and O–H groups in total. The van der Waals surface area contributed by atoms with Gasteiger partial charge < -0.3 is 4.42 Å². The maximum atomic E-state index is 6.80. The van der Waals surface area contributed by atoms with Crippen LogP contribution >= 0.6 is 0 Å². The van der Waals surface area contributed by atoms with Crippen LogP contribution in [-0.2, 0) is 0 Å². The van der Waals surface area contributed by atoms with E-state index in [4.69, 9.17) is 4.42 Å². The van der Waals surface area contributed by atoms with E-state index < -0.39 is 0 Å². The topological polar surface area (TPSA) is 13.1 Å². The third-order valence-electron chi connectivity index (χ3n) is 9.84. The molecule has 1 heterocycles. The van der Waals surface area contributed by atoms with Crippen LogP contribution in [0.4, 0.5) is 0 Å². The van der Waals surface area contributed by atoms with Crippen LogP contribution in [0.1, 0.15) is 0 Å². The Morgan fingerprint density at radius 1 is 0.319 bits per heavy atom. The highest BCUT2D eigenvalue weighted by atomic mass is 16.3. The first kappa shape index (κ1) is 26.1. The zero-order valence-electron chi connectivity index (χ0n) is 25.6. The average molecular weight is 597 g/mol. The Morgan fingerprint density at radius 3 is 1.66 bits per heavy atom. The van der Waals surface area contributed by atoms with E-state index in [-0.39, 0.29) is 0 Å². The molecule has 0 saturated heterocycles. The third-order valence-corrected chi connectivity index (χ3v) is 9.84. The number of para-hydroxylation sites is 1. The summed E-state index contributed by atoms with van der Waals surface area (Å²) in [5.74, 6) is 0. The molecule has 0 aliphatic carbocycles. The molecule has 47 heavy (non-hydrogen) atoms. The number of fused-ring (bicyclic) bond motifs is 8. The summed E-state index contributed by atoms with van der Waals surface area (Å²) in [5, 5.41) is 12.3. The number of furan rings is 1. The SMILES string of the molecule is c1ccc(-c2c3ccccc3c(-c3cccc4oc5c(-c6ccc7c(ccc8ccccc87)c6)cccc5c34)c3ccccc23)cc1. The van der Waals surface area contributed by atoms with Crippen molar-refractivity contribution in [1.29, 1.82) is 0 Å². The van der Waals surface area contributed by atoms with Crippen LogP contribution in [0.15, 0.2) is 174 Å². The lowest BCUT2D eigenvalue weighted by Crippen LogP contribution is -1.91. The smallest absolute Gasteiger partial charge is 0.143 e. The minimum absolute atomic E-state index is 0.900. The molecule has 10 aromatic rings. The second-order valence-corrected chi connectivity index (χ2v) is 12.4. The van der Waals surface area contributed by atoms with Crippen LogP contribution in [-0.4, -0.2) is 0 Å². The molecular formula is C46H28O. The van der Waals surface area contributed by atoms with Crippen molar-refractivity contribution in [3.63, 3.8) is 0 Å². The van der Waals surface area contributed by atoms with Gasteiger partial charge in [0.05, 0.1) is 0 Å². The van der Waals surface area contributed by atoms with Crippen molar-refractivity contribution in [3.8, 4) is 33.4 Å².